The zero-order valence-corrected chi connectivity index (χ0v) is 13.3. The number of fused-ring (bicyclic) bond motifs is 1. The summed E-state index contributed by atoms with van der Waals surface area (Å²) in [6.07, 6.45) is -0.852. The molecule has 1 aromatic carbocycles. The average Bonchev–Trinajstić information content (AvgIpc) is 2.85. The molecule has 0 saturated carbocycles. The second-order valence-corrected chi connectivity index (χ2v) is 6.18. The van der Waals surface area contributed by atoms with Crippen molar-refractivity contribution in [3.8, 4) is 0 Å². The zero-order chi connectivity index (χ0) is 18.3. The monoisotopic (exact) mass is 348 g/mol. The van der Waals surface area contributed by atoms with E-state index in [-0.39, 0.29) is 18.7 Å². The number of rotatable bonds is 5. The molecule has 0 aromatic heterocycles. The van der Waals surface area contributed by atoms with E-state index < -0.39 is 46.7 Å². The van der Waals surface area contributed by atoms with Gasteiger partial charge in [0.15, 0.2) is 11.8 Å². The first-order chi connectivity index (χ1) is 11.8. The fraction of sp³-hybridized carbons (Fsp3) is 0.438. The predicted octanol–water partition coefficient (Wildman–Crippen LogP) is 0.187. The van der Waals surface area contributed by atoms with Gasteiger partial charge in [-0.2, -0.15) is 0 Å². The topological polar surface area (TPSA) is 127 Å². The number of carbonyl (C=O) groups is 3. The van der Waals surface area contributed by atoms with E-state index in [2.05, 4.69) is 0 Å². The standard InChI is InChI=1S/C16H16N2O7/c1-8(19)13-11-6-12(20)14(17(11)15(13)21)16(22)25-7-9-2-4-10(5-3-9)18(23)24/h2-5,8,11,13-14,19H,6-7H2,1H3/t8-,11-,13?,14+/m1/s1. The van der Waals surface area contributed by atoms with Crippen molar-refractivity contribution in [3.63, 3.8) is 0 Å². The van der Waals surface area contributed by atoms with E-state index in [1.54, 1.807) is 0 Å². The number of amides is 1. The molecule has 1 unspecified atom stereocenters. The van der Waals surface area contributed by atoms with Crippen LogP contribution in [0.25, 0.3) is 0 Å². The highest BCUT2D eigenvalue weighted by atomic mass is 16.6. The number of esters is 1. The molecule has 2 heterocycles. The number of benzene rings is 1. The van der Waals surface area contributed by atoms with E-state index in [4.69, 9.17) is 4.74 Å². The summed E-state index contributed by atoms with van der Waals surface area (Å²) in [4.78, 5) is 47.6. The zero-order valence-electron chi connectivity index (χ0n) is 13.3. The van der Waals surface area contributed by atoms with Crippen LogP contribution in [0, 0.1) is 16.0 Å². The van der Waals surface area contributed by atoms with E-state index >= 15 is 0 Å². The number of ether oxygens (including phenoxy) is 1. The van der Waals surface area contributed by atoms with Crippen LogP contribution in [-0.2, 0) is 25.7 Å². The number of aliphatic hydroxyl groups is 1. The smallest absolute Gasteiger partial charge is 0.337 e. The number of β-lactam (4-membered cyclic amide) rings is 1. The Morgan fingerprint density at radius 2 is 2.04 bits per heavy atom. The van der Waals surface area contributed by atoms with Gasteiger partial charge in [-0.1, -0.05) is 0 Å². The van der Waals surface area contributed by atoms with Crippen LogP contribution in [-0.4, -0.2) is 50.8 Å². The molecule has 1 N–H and O–H groups in total. The van der Waals surface area contributed by atoms with E-state index in [1.165, 1.54) is 36.1 Å². The van der Waals surface area contributed by atoms with Crippen LogP contribution in [0.2, 0.25) is 0 Å². The quantitative estimate of drug-likeness (QED) is 0.264. The van der Waals surface area contributed by atoms with Gasteiger partial charge in [-0.3, -0.25) is 19.7 Å². The van der Waals surface area contributed by atoms with Crippen molar-refractivity contribution in [3.05, 3.63) is 39.9 Å². The Balaban J connectivity index is 1.63. The maximum atomic E-state index is 12.2. The summed E-state index contributed by atoms with van der Waals surface area (Å²) >= 11 is 0. The van der Waals surface area contributed by atoms with Crippen molar-refractivity contribution >= 4 is 23.3 Å². The summed E-state index contributed by atoms with van der Waals surface area (Å²) in [6, 6.07) is 3.73. The first-order valence-electron chi connectivity index (χ1n) is 7.74. The molecule has 2 aliphatic rings. The summed E-state index contributed by atoms with van der Waals surface area (Å²) < 4.78 is 5.09. The molecule has 2 fully saturated rings. The fourth-order valence-corrected chi connectivity index (χ4v) is 3.33. The van der Waals surface area contributed by atoms with Gasteiger partial charge in [0.2, 0.25) is 5.91 Å². The van der Waals surface area contributed by atoms with Crippen molar-refractivity contribution < 1.29 is 29.2 Å². The number of aliphatic hydroxyl groups excluding tert-OH is 1. The SMILES string of the molecule is C[C@@H](O)C1C(=O)N2[C@H](C(=O)OCc3ccc([N+](=O)[O-])cc3)C(=O)C[C@H]12. The van der Waals surface area contributed by atoms with Gasteiger partial charge in [-0.05, 0) is 24.6 Å². The van der Waals surface area contributed by atoms with Crippen LogP contribution in [0.5, 0.6) is 0 Å². The number of hydrogen-bond acceptors (Lipinski definition) is 7. The van der Waals surface area contributed by atoms with Crippen molar-refractivity contribution in [2.45, 2.75) is 38.1 Å². The Kier molecular flexibility index (Phi) is 4.25. The maximum Gasteiger partial charge on any atom is 0.337 e. The number of ketones is 1. The number of hydrogen-bond donors (Lipinski definition) is 1. The molecule has 9 nitrogen and oxygen atoms in total. The minimum absolute atomic E-state index is 0.0264. The lowest BCUT2D eigenvalue weighted by atomic mass is 9.84. The highest BCUT2D eigenvalue weighted by molar-refractivity contribution is 6.11. The van der Waals surface area contributed by atoms with Crippen molar-refractivity contribution in [2.24, 2.45) is 5.92 Å². The Morgan fingerprint density at radius 3 is 2.60 bits per heavy atom. The molecule has 9 heteroatoms. The molecular formula is C16H16N2O7. The normalized spacial score (nSPS) is 26.0. The molecule has 0 radical (unpaired) electrons. The summed E-state index contributed by atoms with van der Waals surface area (Å²) in [5, 5.41) is 20.2. The minimum atomic E-state index is -1.27. The van der Waals surface area contributed by atoms with Gasteiger partial charge in [-0.25, -0.2) is 4.79 Å². The van der Waals surface area contributed by atoms with Gasteiger partial charge in [0.05, 0.1) is 23.0 Å². The second kappa shape index (κ2) is 6.25. The molecule has 132 valence electrons. The van der Waals surface area contributed by atoms with Gasteiger partial charge in [0.25, 0.3) is 5.69 Å². The van der Waals surface area contributed by atoms with Gasteiger partial charge in [0.1, 0.15) is 6.61 Å². The second-order valence-electron chi connectivity index (χ2n) is 6.18. The number of Topliss-reactive ketones (excluding diaryl/α,β-unsaturated/α-hetero) is 1. The summed E-state index contributed by atoms with van der Waals surface area (Å²) in [6.45, 7) is 1.32. The Labute approximate surface area is 142 Å². The number of nitro groups is 1. The lowest BCUT2D eigenvalue weighted by Gasteiger charge is -2.45. The molecule has 1 amide bonds. The number of non-ortho nitro benzene ring substituents is 1. The lowest BCUT2D eigenvalue weighted by Crippen LogP contribution is -2.64. The Hall–Kier alpha value is -2.81. The third-order valence-electron chi connectivity index (χ3n) is 4.58. The van der Waals surface area contributed by atoms with E-state index in [9.17, 15) is 29.6 Å². The summed E-state index contributed by atoms with van der Waals surface area (Å²) in [5.41, 5.74) is 0.442. The van der Waals surface area contributed by atoms with E-state index in [0.29, 0.717) is 5.56 Å². The third-order valence-corrected chi connectivity index (χ3v) is 4.58. The number of nitrogens with zero attached hydrogens (tertiary/aromatic N) is 2. The molecule has 0 aliphatic carbocycles. The van der Waals surface area contributed by atoms with Crippen LogP contribution < -0.4 is 0 Å². The first-order valence-corrected chi connectivity index (χ1v) is 7.74. The van der Waals surface area contributed by atoms with Crippen molar-refractivity contribution in [1.29, 1.82) is 0 Å². The molecule has 2 aliphatic heterocycles. The van der Waals surface area contributed by atoms with Crippen LogP contribution in [0.4, 0.5) is 5.69 Å². The fourth-order valence-electron chi connectivity index (χ4n) is 3.33. The Morgan fingerprint density at radius 1 is 1.40 bits per heavy atom. The highest BCUT2D eigenvalue weighted by Crippen LogP contribution is 2.40. The van der Waals surface area contributed by atoms with E-state index in [1.807, 2.05) is 0 Å². The van der Waals surface area contributed by atoms with Crippen LogP contribution in [0.1, 0.15) is 18.9 Å². The van der Waals surface area contributed by atoms with Crippen LogP contribution >= 0.6 is 0 Å². The number of carbonyl (C=O) groups excluding carboxylic acids is 3. The van der Waals surface area contributed by atoms with Gasteiger partial charge in [-0.15, -0.1) is 0 Å². The van der Waals surface area contributed by atoms with Gasteiger partial charge >= 0.3 is 5.97 Å². The average molecular weight is 348 g/mol. The highest BCUT2D eigenvalue weighted by Gasteiger charge is 2.61. The lowest BCUT2D eigenvalue weighted by molar-refractivity contribution is -0.384. The molecule has 4 atom stereocenters. The molecule has 0 spiro atoms. The van der Waals surface area contributed by atoms with Crippen LogP contribution in [0.3, 0.4) is 0 Å². The molecule has 1 aromatic rings. The van der Waals surface area contributed by atoms with Gasteiger partial charge < -0.3 is 14.7 Å². The minimum Gasteiger partial charge on any atom is -0.459 e. The van der Waals surface area contributed by atoms with Gasteiger partial charge in [0, 0.05) is 18.6 Å². The maximum absolute atomic E-state index is 12.2. The first kappa shape index (κ1) is 17.0. The molecular weight excluding hydrogens is 332 g/mol. The Bertz CT molecular complexity index is 743. The molecule has 3 rings (SSSR count). The van der Waals surface area contributed by atoms with Crippen LogP contribution in [0.15, 0.2) is 24.3 Å². The summed E-state index contributed by atoms with van der Waals surface area (Å²) in [5.74, 6) is -2.32. The van der Waals surface area contributed by atoms with Crippen molar-refractivity contribution in [1.82, 2.24) is 4.90 Å². The van der Waals surface area contributed by atoms with E-state index in [0.717, 1.165) is 0 Å². The third kappa shape index (κ3) is 2.86. The summed E-state index contributed by atoms with van der Waals surface area (Å²) in [7, 11) is 0. The number of nitro benzene ring substituents is 1. The molecule has 2 saturated heterocycles. The largest absolute Gasteiger partial charge is 0.459 e. The molecule has 25 heavy (non-hydrogen) atoms. The van der Waals surface area contributed by atoms with Crippen molar-refractivity contribution in [2.75, 3.05) is 0 Å². The molecule has 0 bridgehead atoms. The predicted molar refractivity (Wildman–Crippen MR) is 82.1 cm³/mol.